The Labute approximate surface area is 117 Å². The summed E-state index contributed by atoms with van der Waals surface area (Å²) in [7, 11) is 3.16. The van der Waals surface area contributed by atoms with Crippen molar-refractivity contribution in [1.29, 1.82) is 0 Å². The Morgan fingerprint density at radius 3 is 2.55 bits per heavy atom. The highest BCUT2D eigenvalue weighted by atomic mass is 16.5. The van der Waals surface area contributed by atoms with Crippen molar-refractivity contribution in [2.75, 3.05) is 14.2 Å². The molecule has 0 spiro atoms. The summed E-state index contributed by atoms with van der Waals surface area (Å²) in [6.45, 7) is 1.89. The van der Waals surface area contributed by atoms with Crippen LogP contribution in [0, 0.1) is 0 Å². The molecule has 2 rings (SSSR count). The van der Waals surface area contributed by atoms with Crippen LogP contribution in [0.15, 0.2) is 41.0 Å². The average molecular weight is 275 g/mol. The number of furan rings is 1. The highest BCUT2D eigenvalue weighted by molar-refractivity contribution is 5.91. The van der Waals surface area contributed by atoms with Crippen molar-refractivity contribution in [2.45, 2.75) is 13.0 Å². The number of carbonyl (C=O) groups excluding carboxylic acids is 1. The molecule has 0 aliphatic carbocycles. The highest BCUT2D eigenvalue weighted by Crippen LogP contribution is 2.29. The van der Waals surface area contributed by atoms with E-state index in [-0.39, 0.29) is 17.7 Å². The van der Waals surface area contributed by atoms with Gasteiger partial charge in [-0.15, -0.1) is 0 Å². The molecule has 1 aromatic carbocycles. The number of ether oxygens (including phenoxy) is 2. The molecule has 0 saturated heterocycles. The predicted molar refractivity (Wildman–Crippen MR) is 74.1 cm³/mol. The molecule has 5 nitrogen and oxygen atoms in total. The summed E-state index contributed by atoms with van der Waals surface area (Å²) in [6, 6.07) is 8.66. The van der Waals surface area contributed by atoms with Gasteiger partial charge >= 0.3 is 0 Å². The van der Waals surface area contributed by atoms with Gasteiger partial charge in [0.25, 0.3) is 5.91 Å². The second kappa shape index (κ2) is 6.14. The summed E-state index contributed by atoms with van der Waals surface area (Å²) >= 11 is 0. The van der Waals surface area contributed by atoms with Crippen LogP contribution in [0.4, 0.5) is 0 Å². The number of benzene rings is 1. The Hall–Kier alpha value is -2.43. The van der Waals surface area contributed by atoms with Gasteiger partial charge in [0, 0.05) is 0 Å². The fourth-order valence-corrected chi connectivity index (χ4v) is 1.88. The molecule has 5 heteroatoms. The third kappa shape index (κ3) is 2.93. The molecule has 20 heavy (non-hydrogen) atoms. The van der Waals surface area contributed by atoms with Crippen LogP contribution in [0.1, 0.15) is 29.1 Å². The standard InChI is InChI=1S/C15H17NO4/c1-10(16-15(17)13-5-4-8-20-13)11-6-7-12(18-2)14(9-11)19-3/h4-10H,1-3H3,(H,16,17). The fourth-order valence-electron chi connectivity index (χ4n) is 1.88. The van der Waals surface area contributed by atoms with Gasteiger partial charge in [-0.25, -0.2) is 0 Å². The molecule has 106 valence electrons. The normalized spacial score (nSPS) is 11.8. The van der Waals surface area contributed by atoms with Crippen molar-refractivity contribution in [3.05, 3.63) is 47.9 Å². The molecular formula is C15H17NO4. The average Bonchev–Trinajstić information content (AvgIpc) is 3.00. The monoisotopic (exact) mass is 275 g/mol. The SMILES string of the molecule is COc1ccc(C(C)NC(=O)c2ccco2)cc1OC. The molecular weight excluding hydrogens is 258 g/mol. The Bertz CT molecular complexity index is 578. The fraction of sp³-hybridized carbons (Fsp3) is 0.267. The van der Waals surface area contributed by atoms with Gasteiger partial charge in [0.2, 0.25) is 0 Å². The van der Waals surface area contributed by atoms with E-state index >= 15 is 0 Å². The third-order valence-electron chi connectivity index (χ3n) is 3.00. The molecule has 1 amide bonds. The van der Waals surface area contributed by atoms with Gasteiger partial charge in [-0.2, -0.15) is 0 Å². The molecule has 1 aromatic heterocycles. The van der Waals surface area contributed by atoms with Crippen molar-refractivity contribution in [2.24, 2.45) is 0 Å². The second-order valence-electron chi connectivity index (χ2n) is 4.29. The lowest BCUT2D eigenvalue weighted by molar-refractivity contribution is 0.0912. The van der Waals surface area contributed by atoms with Gasteiger partial charge in [-0.3, -0.25) is 4.79 Å². The van der Waals surface area contributed by atoms with Gasteiger partial charge in [-0.05, 0) is 36.8 Å². The van der Waals surface area contributed by atoms with Crippen LogP contribution in [-0.2, 0) is 0 Å². The first-order valence-corrected chi connectivity index (χ1v) is 6.22. The maximum Gasteiger partial charge on any atom is 0.287 e. The zero-order chi connectivity index (χ0) is 14.5. The summed E-state index contributed by atoms with van der Waals surface area (Å²) in [6.07, 6.45) is 1.47. The van der Waals surface area contributed by atoms with Crippen LogP contribution in [0.2, 0.25) is 0 Å². The molecule has 2 aromatic rings. The van der Waals surface area contributed by atoms with Crippen LogP contribution in [0.25, 0.3) is 0 Å². The predicted octanol–water partition coefficient (Wildman–Crippen LogP) is 2.79. The molecule has 0 radical (unpaired) electrons. The minimum absolute atomic E-state index is 0.174. The Morgan fingerprint density at radius 1 is 1.20 bits per heavy atom. The Balaban J connectivity index is 2.13. The van der Waals surface area contributed by atoms with Crippen LogP contribution in [0.3, 0.4) is 0 Å². The lowest BCUT2D eigenvalue weighted by Gasteiger charge is -2.15. The minimum Gasteiger partial charge on any atom is -0.493 e. The van der Waals surface area contributed by atoms with Crippen LogP contribution >= 0.6 is 0 Å². The number of hydrogen-bond acceptors (Lipinski definition) is 4. The number of nitrogens with one attached hydrogen (secondary N) is 1. The third-order valence-corrected chi connectivity index (χ3v) is 3.00. The van der Waals surface area contributed by atoms with E-state index in [9.17, 15) is 4.79 Å². The molecule has 1 unspecified atom stereocenters. The van der Waals surface area contributed by atoms with Gasteiger partial charge in [0.05, 0.1) is 26.5 Å². The lowest BCUT2D eigenvalue weighted by Crippen LogP contribution is -2.26. The van der Waals surface area contributed by atoms with E-state index in [0.29, 0.717) is 11.5 Å². The maximum absolute atomic E-state index is 11.9. The van der Waals surface area contributed by atoms with Crippen molar-refractivity contribution < 1.29 is 18.7 Å². The summed E-state index contributed by atoms with van der Waals surface area (Å²) in [5, 5.41) is 2.86. The zero-order valence-electron chi connectivity index (χ0n) is 11.7. The molecule has 0 saturated carbocycles. The van der Waals surface area contributed by atoms with Crippen molar-refractivity contribution in [3.63, 3.8) is 0 Å². The van der Waals surface area contributed by atoms with Crippen LogP contribution < -0.4 is 14.8 Å². The first-order chi connectivity index (χ1) is 9.65. The highest BCUT2D eigenvalue weighted by Gasteiger charge is 2.15. The van der Waals surface area contributed by atoms with Gasteiger partial charge in [0.1, 0.15) is 0 Å². The largest absolute Gasteiger partial charge is 0.493 e. The molecule has 0 fully saturated rings. The number of hydrogen-bond donors (Lipinski definition) is 1. The summed E-state index contributed by atoms with van der Waals surface area (Å²) in [5.41, 5.74) is 0.919. The van der Waals surface area contributed by atoms with E-state index in [1.807, 2.05) is 25.1 Å². The number of methoxy groups -OCH3 is 2. The lowest BCUT2D eigenvalue weighted by atomic mass is 10.1. The second-order valence-corrected chi connectivity index (χ2v) is 4.29. The summed E-state index contributed by atoms with van der Waals surface area (Å²) < 4.78 is 15.5. The topological polar surface area (TPSA) is 60.7 Å². The van der Waals surface area contributed by atoms with E-state index in [0.717, 1.165) is 5.56 Å². The van der Waals surface area contributed by atoms with E-state index in [1.165, 1.54) is 6.26 Å². The first kappa shape index (κ1) is 14.0. The van der Waals surface area contributed by atoms with E-state index in [4.69, 9.17) is 13.9 Å². The minimum atomic E-state index is -0.253. The van der Waals surface area contributed by atoms with E-state index < -0.39 is 0 Å². The molecule has 0 aliphatic rings. The molecule has 0 aliphatic heterocycles. The summed E-state index contributed by atoms with van der Waals surface area (Å²) in [4.78, 5) is 11.9. The zero-order valence-corrected chi connectivity index (χ0v) is 11.7. The molecule has 0 bridgehead atoms. The van der Waals surface area contributed by atoms with E-state index in [2.05, 4.69) is 5.32 Å². The number of rotatable bonds is 5. The Morgan fingerprint density at radius 2 is 1.95 bits per heavy atom. The molecule has 1 atom stereocenters. The van der Waals surface area contributed by atoms with Gasteiger partial charge in [-0.1, -0.05) is 6.07 Å². The van der Waals surface area contributed by atoms with Crippen LogP contribution in [0.5, 0.6) is 11.5 Å². The Kier molecular flexibility index (Phi) is 4.30. The van der Waals surface area contributed by atoms with E-state index in [1.54, 1.807) is 26.4 Å². The number of carbonyl (C=O) groups is 1. The molecule has 1 heterocycles. The van der Waals surface area contributed by atoms with Crippen molar-refractivity contribution in [1.82, 2.24) is 5.32 Å². The van der Waals surface area contributed by atoms with Crippen molar-refractivity contribution in [3.8, 4) is 11.5 Å². The van der Waals surface area contributed by atoms with Gasteiger partial charge < -0.3 is 19.2 Å². The number of amides is 1. The van der Waals surface area contributed by atoms with Gasteiger partial charge in [0.15, 0.2) is 17.3 Å². The molecule has 1 N–H and O–H groups in total. The summed E-state index contributed by atoms with van der Waals surface area (Å²) in [5.74, 6) is 1.32. The van der Waals surface area contributed by atoms with Crippen LogP contribution in [-0.4, -0.2) is 20.1 Å². The smallest absolute Gasteiger partial charge is 0.287 e. The van der Waals surface area contributed by atoms with Crippen molar-refractivity contribution >= 4 is 5.91 Å². The maximum atomic E-state index is 11.9. The quantitative estimate of drug-likeness (QED) is 0.911. The first-order valence-electron chi connectivity index (χ1n) is 6.22.